The molecular weight excluding hydrogens is 761 g/mol. The molecule has 2 nitrogen and oxygen atoms in total. The lowest BCUT2D eigenvalue weighted by atomic mass is 9.82. The molecule has 1 aromatic heterocycles. The second-order valence-electron chi connectivity index (χ2n) is 17.7. The maximum absolute atomic E-state index is 2.48. The summed E-state index contributed by atoms with van der Waals surface area (Å²) in [6.45, 7) is 4.74. The van der Waals surface area contributed by atoms with Crippen molar-refractivity contribution < 1.29 is 0 Å². The molecule has 63 heavy (non-hydrogen) atoms. The quantitative estimate of drug-likeness (QED) is 0.152. The average Bonchev–Trinajstić information content (AvgIpc) is 3.79. The molecule has 0 unspecified atom stereocenters. The van der Waals surface area contributed by atoms with E-state index in [1.165, 1.54) is 104 Å². The van der Waals surface area contributed by atoms with Crippen LogP contribution >= 0.6 is 0 Å². The highest BCUT2D eigenvalue weighted by Crippen LogP contribution is 2.52. The minimum Gasteiger partial charge on any atom is -0.310 e. The average molecular weight is 803 g/mol. The summed E-state index contributed by atoms with van der Waals surface area (Å²) < 4.78 is 2.39. The first kappa shape index (κ1) is 35.8. The summed E-state index contributed by atoms with van der Waals surface area (Å²) in [7, 11) is 0. The van der Waals surface area contributed by atoms with Gasteiger partial charge in [-0.05, 0) is 132 Å². The summed E-state index contributed by atoms with van der Waals surface area (Å²) in [6.07, 6.45) is 0. The van der Waals surface area contributed by atoms with Gasteiger partial charge in [0.05, 0.1) is 16.7 Å². The molecule has 1 aliphatic rings. The van der Waals surface area contributed by atoms with Gasteiger partial charge in [-0.25, -0.2) is 0 Å². The second kappa shape index (κ2) is 13.5. The third kappa shape index (κ3) is 5.31. The second-order valence-corrected chi connectivity index (χ2v) is 17.7. The van der Waals surface area contributed by atoms with E-state index in [0.29, 0.717) is 0 Å². The zero-order valence-corrected chi connectivity index (χ0v) is 35.2. The van der Waals surface area contributed by atoms with Gasteiger partial charge in [0.2, 0.25) is 0 Å². The zero-order valence-electron chi connectivity index (χ0n) is 35.2. The number of nitrogens with zero attached hydrogens (tertiary/aromatic N) is 2. The number of aromatic nitrogens is 1. The predicted octanol–water partition coefficient (Wildman–Crippen LogP) is 16.8. The standard InChI is InChI=1S/C61H42N2/c1-61(2)54-19-11-9-17-48(54)49-34-30-46(38-55(49)61)62(45-28-21-40(22-29-45)39-13-5-3-6-14-39)57-35-26-42-24-32-51-47(31-23-41-25-33-52(57)60(42)59(41)51)43-27-36-58-53(37-43)50-18-10-12-20-56(50)63(58)44-15-7-4-8-16-44/h3-38H,1-2H3. The molecule has 0 fully saturated rings. The number of hydrogen-bond donors (Lipinski definition) is 0. The lowest BCUT2D eigenvalue weighted by Crippen LogP contribution is -2.16. The van der Waals surface area contributed by atoms with Gasteiger partial charge in [-0.3, -0.25) is 0 Å². The Balaban J connectivity index is 1.01. The van der Waals surface area contributed by atoms with Gasteiger partial charge in [0.15, 0.2) is 0 Å². The van der Waals surface area contributed by atoms with Crippen molar-refractivity contribution in [1.29, 1.82) is 0 Å². The highest BCUT2D eigenvalue weighted by Gasteiger charge is 2.36. The zero-order chi connectivity index (χ0) is 41.8. The lowest BCUT2D eigenvalue weighted by Gasteiger charge is -2.30. The van der Waals surface area contributed by atoms with Crippen LogP contribution in [0.4, 0.5) is 17.1 Å². The monoisotopic (exact) mass is 802 g/mol. The third-order valence-electron chi connectivity index (χ3n) is 13.9. The van der Waals surface area contributed by atoms with Crippen molar-refractivity contribution in [1.82, 2.24) is 4.57 Å². The Bertz CT molecular complexity index is 3740. The number of para-hydroxylation sites is 2. The Morgan fingerprint density at radius 1 is 0.365 bits per heavy atom. The summed E-state index contributed by atoms with van der Waals surface area (Å²) in [5.41, 5.74) is 17.2. The fourth-order valence-corrected chi connectivity index (χ4v) is 10.9. The minimum absolute atomic E-state index is 0.122. The van der Waals surface area contributed by atoms with Crippen LogP contribution in [-0.4, -0.2) is 4.57 Å². The van der Waals surface area contributed by atoms with Gasteiger partial charge in [-0.15, -0.1) is 0 Å². The van der Waals surface area contributed by atoms with Crippen LogP contribution in [0, 0.1) is 0 Å². The summed E-state index contributed by atoms with van der Waals surface area (Å²) in [6, 6.07) is 81.0. The molecule has 2 heteroatoms. The van der Waals surface area contributed by atoms with E-state index in [9.17, 15) is 0 Å². The van der Waals surface area contributed by atoms with E-state index >= 15 is 0 Å². The Morgan fingerprint density at radius 2 is 0.952 bits per heavy atom. The Kier molecular flexibility index (Phi) is 7.68. The first-order valence-corrected chi connectivity index (χ1v) is 22.0. The van der Waals surface area contributed by atoms with Crippen LogP contribution < -0.4 is 4.90 Å². The Morgan fingerprint density at radius 3 is 1.78 bits per heavy atom. The molecule has 0 saturated heterocycles. The van der Waals surface area contributed by atoms with E-state index in [4.69, 9.17) is 0 Å². The summed E-state index contributed by atoms with van der Waals surface area (Å²) in [4.78, 5) is 2.48. The fraction of sp³-hybridized carbons (Fsp3) is 0.0492. The normalized spacial score (nSPS) is 13.0. The van der Waals surface area contributed by atoms with Crippen LogP contribution in [-0.2, 0) is 5.41 Å². The molecule has 0 bridgehead atoms. The molecule has 0 radical (unpaired) electrons. The highest BCUT2D eigenvalue weighted by molar-refractivity contribution is 6.28. The number of hydrogen-bond acceptors (Lipinski definition) is 1. The first-order valence-electron chi connectivity index (χ1n) is 22.0. The van der Waals surface area contributed by atoms with Crippen LogP contribution in [0.3, 0.4) is 0 Å². The van der Waals surface area contributed by atoms with Gasteiger partial charge >= 0.3 is 0 Å². The van der Waals surface area contributed by atoms with Gasteiger partial charge in [0, 0.05) is 38.6 Å². The Labute approximate surface area is 366 Å². The first-order chi connectivity index (χ1) is 31.0. The van der Waals surface area contributed by atoms with Crippen molar-refractivity contribution in [3.63, 3.8) is 0 Å². The predicted molar refractivity (Wildman–Crippen MR) is 268 cm³/mol. The van der Waals surface area contributed by atoms with Crippen molar-refractivity contribution in [3.05, 3.63) is 230 Å². The van der Waals surface area contributed by atoms with Crippen molar-refractivity contribution in [3.8, 4) is 39.1 Å². The Hall–Kier alpha value is -7.94. The van der Waals surface area contributed by atoms with E-state index in [0.717, 1.165) is 17.1 Å². The van der Waals surface area contributed by atoms with Gasteiger partial charge in [0.25, 0.3) is 0 Å². The summed E-state index contributed by atoms with van der Waals surface area (Å²) in [5, 5.41) is 10.1. The van der Waals surface area contributed by atoms with Gasteiger partial charge < -0.3 is 9.47 Å². The number of benzene rings is 11. The van der Waals surface area contributed by atoms with Crippen molar-refractivity contribution >= 4 is 71.2 Å². The van der Waals surface area contributed by atoms with Crippen molar-refractivity contribution in [2.24, 2.45) is 0 Å². The van der Waals surface area contributed by atoms with Crippen LogP contribution in [0.5, 0.6) is 0 Å². The molecule has 11 aromatic carbocycles. The van der Waals surface area contributed by atoms with Crippen LogP contribution in [0.1, 0.15) is 25.0 Å². The number of anilines is 3. The smallest absolute Gasteiger partial charge is 0.0541 e. The molecule has 13 rings (SSSR count). The van der Waals surface area contributed by atoms with Gasteiger partial charge in [-0.1, -0.05) is 172 Å². The molecule has 0 spiro atoms. The number of rotatable bonds is 6. The minimum atomic E-state index is -0.122. The molecule has 0 atom stereocenters. The largest absolute Gasteiger partial charge is 0.310 e. The molecule has 1 aliphatic carbocycles. The van der Waals surface area contributed by atoms with Gasteiger partial charge in [0.1, 0.15) is 0 Å². The summed E-state index contributed by atoms with van der Waals surface area (Å²) >= 11 is 0. The highest BCUT2D eigenvalue weighted by atomic mass is 15.1. The molecule has 12 aromatic rings. The van der Waals surface area contributed by atoms with E-state index in [1.54, 1.807) is 0 Å². The summed E-state index contributed by atoms with van der Waals surface area (Å²) in [5.74, 6) is 0. The topological polar surface area (TPSA) is 8.17 Å². The van der Waals surface area contributed by atoms with Crippen molar-refractivity contribution in [2.45, 2.75) is 19.3 Å². The van der Waals surface area contributed by atoms with E-state index in [1.807, 2.05) is 0 Å². The van der Waals surface area contributed by atoms with Gasteiger partial charge in [-0.2, -0.15) is 0 Å². The lowest BCUT2D eigenvalue weighted by molar-refractivity contribution is 0.660. The maximum atomic E-state index is 2.48. The molecule has 296 valence electrons. The maximum Gasteiger partial charge on any atom is 0.0541 e. The molecule has 0 amide bonds. The molecule has 0 N–H and O–H groups in total. The molecule has 0 saturated carbocycles. The third-order valence-corrected chi connectivity index (χ3v) is 13.9. The fourth-order valence-electron chi connectivity index (χ4n) is 10.9. The molecule has 0 aliphatic heterocycles. The van der Waals surface area contributed by atoms with Crippen LogP contribution in [0.25, 0.3) is 93.2 Å². The molecular formula is C61H42N2. The molecule has 1 heterocycles. The van der Waals surface area contributed by atoms with Crippen molar-refractivity contribution in [2.75, 3.05) is 4.90 Å². The van der Waals surface area contributed by atoms with E-state index in [2.05, 4.69) is 242 Å². The van der Waals surface area contributed by atoms with E-state index in [-0.39, 0.29) is 5.41 Å². The van der Waals surface area contributed by atoms with E-state index < -0.39 is 0 Å². The van der Waals surface area contributed by atoms with Crippen LogP contribution in [0.2, 0.25) is 0 Å². The SMILES string of the molecule is CC1(C)c2ccccc2-c2ccc(N(c3ccc(-c4ccccc4)cc3)c3ccc4ccc5c(-c6ccc7c(c6)c6ccccc6n7-c6ccccc6)ccc6ccc3c4c65)cc21. The van der Waals surface area contributed by atoms with Crippen LogP contribution in [0.15, 0.2) is 218 Å². The number of fused-ring (bicyclic) bond motifs is 6.